The highest BCUT2D eigenvalue weighted by Gasteiger charge is 2.34. The number of amides is 1. The van der Waals surface area contributed by atoms with E-state index in [0.717, 1.165) is 25.2 Å². The summed E-state index contributed by atoms with van der Waals surface area (Å²) >= 11 is 0. The smallest absolute Gasteiger partial charge is 0.254 e. The van der Waals surface area contributed by atoms with Gasteiger partial charge < -0.3 is 10.6 Å². The number of hydrogen-bond acceptors (Lipinski definition) is 2. The van der Waals surface area contributed by atoms with Crippen LogP contribution in [0.2, 0.25) is 0 Å². The van der Waals surface area contributed by atoms with Crippen LogP contribution >= 0.6 is 0 Å². The van der Waals surface area contributed by atoms with E-state index >= 15 is 0 Å². The molecule has 0 radical (unpaired) electrons. The molecule has 0 bridgehead atoms. The molecule has 0 saturated carbocycles. The molecule has 20 heavy (non-hydrogen) atoms. The normalized spacial score (nSPS) is 21.6. The number of rotatable bonds is 2. The fourth-order valence-corrected chi connectivity index (χ4v) is 2.38. The topological polar surface area (TPSA) is 41.1 Å². The molecule has 1 atom stereocenters. The lowest BCUT2D eigenvalue weighted by Crippen LogP contribution is -2.54. The molecule has 1 aliphatic heterocycles. The van der Waals surface area contributed by atoms with Crippen molar-refractivity contribution < 1.29 is 18.0 Å². The first-order valence-corrected chi connectivity index (χ1v) is 6.48. The third kappa shape index (κ3) is 2.80. The molecule has 110 valence electrons. The van der Waals surface area contributed by atoms with Gasteiger partial charge in [0, 0.05) is 12.6 Å². The molecule has 6 heteroatoms. The van der Waals surface area contributed by atoms with Gasteiger partial charge in [0.05, 0.1) is 5.56 Å². The number of carbonyl (C=O) groups excluding carboxylic acids is 1. The minimum absolute atomic E-state index is 0.149. The van der Waals surface area contributed by atoms with Gasteiger partial charge in [-0.2, -0.15) is 0 Å². The van der Waals surface area contributed by atoms with Gasteiger partial charge in [0.1, 0.15) is 0 Å². The van der Waals surface area contributed by atoms with Gasteiger partial charge in [-0.05, 0) is 30.5 Å². The minimum atomic E-state index is -1.62. The third-order valence-electron chi connectivity index (χ3n) is 3.72. The Morgan fingerprint density at radius 3 is 2.65 bits per heavy atom. The number of piperidine rings is 1. The molecule has 1 unspecified atom stereocenters. The van der Waals surface area contributed by atoms with Crippen molar-refractivity contribution in [1.29, 1.82) is 0 Å². The first-order chi connectivity index (χ1) is 9.33. The Morgan fingerprint density at radius 1 is 1.30 bits per heavy atom. The van der Waals surface area contributed by atoms with E-state index in [1.165, 1.54) is 0 Å². The van der Waals surface area contributed by atoms with Crippen LogP contribution in [0.1, 0.15) is 30.6 Å². The third-order valence-corrected chi connectivity index (χ3v) is 3.72. The lowest BCUT2D eigenvalue weighted by molar-refractivity contribution is 0.0863. The van der Waals surface area contributed by atoms with E-state index in [2.05, 4.69) is 10.6 Å². The van der Waals surface area contributed by atoms with Crippen LogP contribution < -0.4 is 10.6 Å². The summed E-state index contributed by atoms with van der Waals surface area (Å²) in [6.45, 7) is 5.42. The van der Waals surface area contributed by atoms with Crippen molar-refractivity contribution in [2.75, 3.05) is 13.1 Å². The lowest BCUT2D eigenvalue weighted by atomic mass is 9.80. The van der Waals surface area contributed by atoms with Crippen molar-refractivity contribution >= 4 is 5.91 Å². The van der Waals surface area contributed by atoms with Crippen molar-refractivity contribution in [2.45, 2.75) is 26.3 Å². The van der Waals surface area contributed by atoms with Crippen LogP contribution in [0.25, 0.3) is 0 Å². The van der Waals surface area contributed by atoms with E-state index in [9.17, 15) is 18.0 Å². The van der Waals surface area contributed by atoms with Crippen molar-refractivity contribution in [2.24, 2.45) is 5.41 Å². The van der Waals surface area contributed by atoms with Gasteiger partial charge in [-0.25, -0.2) is 13.2 Å². The quantitative estimate of drug-likeness (QED) is 0.819. The molecule has 1 aromatic rings. The highest BCUT2D eigenvalue weighted by molar-refractivity contribution is 5.94. The zero-order valence-corrected chi connectivity index (χ0v) is 11.4. The van der Waals surface area contributed by atoms with Crippen LogP contribution in [0, 0.1) is 22.9 Å². The first-order valence-electron chi connectivity index (χ1n) is 6.48. The molecule has 1 aromatic carbocycles. The Labute approximate surface area is 115 Å². The van der Waals surface area contributed by atoms with Crippen LogP contribution in [0.5, 0.6) is 0 Å². The fourth-order valence-electron chi connectivity index (χ4n) is 2.38. The van der Waals surface area contributed by atoms with E-state index in [-0.39, 0.29) is 11.5 Å². The largest absolute Gasteiger partial charge is 0.349 e. The van der Waals surface area contributed by atoms with Gasteiger partial charge in [0.25, 0.3) is 5.91 Å². The van der Waals surface area contributed by atoms with Crippen LogP contribution in [0.3, 0.4) is 0 Å². The van der Waals surface area contributed by atoms with Gasteiger partial charge in [-0.3, -0.25) is 4.79 Å². The molecule has 2 rings (SSSR count). The summed E-state index contributed by atoms with van der Waals surface area (Å²) in [6.07, 6.45) is 0.698. The van der Waals surface area contributed by atoms with Gasteiger partial charge in [0.15, 0.2) is 17.5 Å². The molecule has 1 heterocycles. The van der Waals surface area contributed by atoms with Gasteiger partial charge in [-0.1, -0.05) is 13.8 Å². The lowest BCUT2D eigenvalue weighted by Gasteiger charge is -2.39. The summed E-state index contributed by atoms with van der Waals surface area (Å²) in [5, 5.41) is 5.92. The maximum atomic E-state index is 13.6. The van der Waals surface area contributed by atoms with E-state index in [4.69, 9.17) is 0 Å². The molecule has 0 aliphatic carbocycles. The van der Waals surface area contributed by atoms with Crippen molar-refractivity contribution in [1.82, 2.24) is 10.6 Å². The molecule has 1 amide bonds. The van der Waals surface area contributed by atoms with E-state index in [1.807, 2.05) is 13.8 Å². The van der Waals surface area contributed by atoms with Crippen LogP contribution in [0.4, 0.5) is 13.2 Å². The van der Waals surface area contributed by atoms with E-state index in [1.54, 1.807) is 0 Å². The second-order valence-electron chi connectivity index (χ2n) is 5.70. The zero-order valence-electron chi connectivity index (χ0n) is 11.4. The number of carbonyl (C=O) groups is 1. The SMILES string of the molecule is CC1(C)CNCCC1NC(=O)c1ccc(F)c(F)c1F. The minimum Gasteiger partial charge on any atom is -0.349 e. The molecule has 0 aromatic heterocycles. The maximum Gasteiger partial charge on any atom is 0.254 e. The number of hydrogen-bond donors (Lipinski definition) is 2. The monoisotopic (exact) mass is 286 g/mol. The molecule has 1 aliphatic rings. The van der Waals surface area contributed by atoms with Crippen molar-refractivity contribution in [3.8, 4) is 0 Å². The highest BCUT2D eigenvalue weighted by atomic mass is 19.2. The molecular formula is C14H17F3N2O. The second-order valence-corrected chi connectivity index (χ2v) is 5.70. The Bertz CT molecular complexity index is 531. The second kappa shape index (κ2) is 5.44. The summed E-state index contributed by atoms with van der Waals surface area (Å²) < 4.78 is 39.6. The fraction of sp³-hybridized carbons (Fsp3) is 0.500. The average Bonchev–Trinajstić information content (AvgIpc) is 2.38. The van der Waals surface area contributed by atoms with E-state index in [0.29, 0.717) is 6.42 Å². The first kappa shape index (κ1) is 14.8. The summed E-state index contributed by atoms with van der Waals surface area (Å²) in [5.74, 6) is -5.10. The number of benzene rings is 1. The zero-order chi connectivity index (χ0) is 14.9. The molecule has 2 N–H and O–H groups in total. The average molecular weight is 286 g/mol. The number of halogens is 3. The predicted octanol–water partition coefficient (Wildman–Crippen LogP) is 2.22. The van der Waals surface area contributed by atoms with Gasteiger partial charge in [-0.15, -0.1) is 0 Å². The number of nitrogens with one attached hydrogen (secondary N) is 2. The predicted molar refractivity (Wildman–Crippen MR) is 68.8 cm³/mol. The van der Waals surface area contributed by atoms with Crippen LogP contribution in [0.15, 0.2) is 12.1 Å². The van der Waals surface area contributed by atoms with Crippen molar-refractivity contribution in [3.63, 3.8) is 0 Å². The van der Waals surface area contributed by atoms with Crippen molar-refractivity contribution in [3.05, 3.63) is 35.1 Å². The van der Waals surface area contributed by atoms with Gasteiger partial charge >= 0.3 is 0 Å². The summed E-state index contributed by atoms with van der Waals surface area (Å²) in [6, 6.07) is 1.56. The Morgan fingerprint density at radius 2 is 2.00 bits per heavy atom. The standard InChI is InChI=1S/C14H17F3N2O/c1-14(2)7-18-6-5-10(14)19-13(20)8-3-4-9(15)12(17)11(8)16/h3-4,10,18H,5-7H2,1-2H3,(H,19,20). The molecular weight excluding hydrogens is 269 g/mol. The van der Waals surface area contributed by atoms with Crippen LogP contribution in [-0.4, -0.2) is 25.0 Å². The van der Waals surface area contributed by atoms with Crippen LogP contribution in [-0.2, 0) is 0 Å². The maximum absolute atomic E-state index is 13.6. The Balaban J connectivity index is 2.18. The summed E-state index contributed by atoms with van der Waals surface area (Å²) in [7, 11) is 0. The Kier molecular flexibility index (Phi) is 4.04. The molecule has 3 nitrogen and oxygen atoms in total. The Hall–Kier alpha value is -1.56. The van der Waals surface area contributed by atoms with Gasteiger partial charge in [0.2, 0.25) is 0 Å². The van der Waals surface area contributed by atoms with E-state index < -0.39 is 28.9 Å². The molecule has 1 saturated heterocycles. The summed E-state index contributed by atoms with van der Waals surface area (Å²) in [5.41, 5.74) is -0.665. The molecule has 1 fully saturated rings. The highest BCUT2D eigenvalue weighted by Crippen LogP contribution is 2.25. The molecule has 0 spiro atoms. The summed E-state index contributed by atoms with van der Waals surface area (Å²) in [4.78, 5) is 12.0.